The molecule has 0 aliphatic carbocycles. The third-order valence-electron chi connectivity index (χ3n) is 4.89. The van der Waals surface area contributed by atoms with Gasteiger partial charge in [0.05, 0.1) is 19.2 Å². The monoisotopic (exact) mass is 327 g/mol. The Morgan fingerprint density at radius 2 is 2.17 bits per heavy atom. The van der Waals surface area contributed by atoms with E-state index in [1.807, 2.05) is 18.2 Å². The van der Waals surface area contributed by atoms with Crippen molar-refractivity contribution in [2.75, 3.05) is 33.8 Å². The third kappa shape index (κ3) is 2.57. The maximum Gasteiger partial charge on any atom is 0.410 e. The molecule has 2 aliphatic heterocycles. The lowest BCUT2D eigenvalue weighted by Gasteiger charge is -2.22. The predicted molar refractivity (Wildman–Crippen MR) is 90.0 cm³/mol. The molecule has 2 aliphatic rings. The summed E-state index contributed by atoms with van der Waals surface area (Å²) in [6, 6.07) is 10.2. The molecule has 2 saturated heterocycles. The summed E-state index contributed by atoms with van der Waals surface area (Å²) >= 11 is 0. The van der Waals surface area contributed by atoms with Crippen molar-refractivity contribution in [2.45, 2.75) is 18.6 Å². The summed E-state index contributed by atoms with van der Waals surface area (Å²) in [5.41, 5.74) is 1.64. The van der Waals surface area contributed by atoms with Gasteiger partial charge in [-0.2, -0.15) is 0 Å². The highest BCUT2D eigenvalue weighted by Gasteiger charge is 2.48. The van der Waals surface area contributed by atoms with Crippen LogP contribution in [0.1, 0.15) is 12.0 Å². The van der Waals surface area contributed by atoms with Crippen molar-refractivity contribution in [3.63, 3.8) is 0 Å². The zero-order valence-electron chi connectivity index (χ0n) is 14.0. The van der Waals surface area contributed by atoms with Gasteiger partial charge in [-0.1, -0.05) is 18.2 Å². The zero-order valence-corrected chi connectivity index (χ0v) is 14.0. The van der Waals surface area contributed by atoms with Crippen molar-refractivity contribution in [3.05, 3.63) is 35.9 Å². The molecule has 4 rings (SSSR count). The molecular formula is C18H21N3O3. The van der Waals surface area contributed by atoms with Crippen LogP contribution in [0.2, 0.25) is 0 Å². The third-order valence-corrected chi connectivity index (χ3v) is 4.89. The van der Waals surface area contributed by atoms with Crippen LogP contribution in [0.3, 0.4) is 0 Å². The van der Waals surface area contributed by atoms with Crippen LogP contribution in [-0.2, 0) is 11.3 Å². The van der Waals surface area contributed by atoms with Gasteiger partial charge < -0.3 is 14.4 Å². The molecule has 1 aromatic carbocycles. The fourth-order valence-corrected chi connectivity index (χ4v) is 3.74. The first-order valence-electron chi connectivity index (χ1n) is 8.18. The Morgan fingerprint density at radius 1 is 1.33 bits per heavy atom. The molecule has 2 aromatic rings. The number of para-hydroxylation sites is 1. The molecule has 126 valence electrons. The van der Waals surface area contributed by atoms with Crippen LogP contribution >= 0.6 is 0 Å². The lowest BCUT2D eigenvalue weighted by atomic mass is 10.0. The van der Waals surface area contributed by atoms with Gasteiger partial charge in [-0.05, 0) is 12.1 Å². The fraction of sp³-hybridized carbons (Fsp3) is 0.444. The second-order valence-corrected chi connectivity index (χ2v) is 6.72. The molecule has 2 fully saturated rings. The Hall–Kier alpha value is -2.34. The number of methoxy groups -OCH3 is 1. The number of carbonyl (C=O) groups excluding carboxylic acids is 1. The average molecular weight is 327 g/mol. The number of hydrogen-bond donors (Lipinski definition) is 0. The van der Waals surface area contributed by atoms with E-state index in [-0.39, 0.29) is 11.7 Å². The molecule has 0 bridgehead atoms. The van der Waals surface area contributed by atoms with Gasteiger partial charge in [0, 0.05) is 44.1 Å². The number of fused-ring (bicyclic) bond motifs is 1. The number of amides is 1. The maximum atomic E-state index is 11.7. The van der Waals surface area contributed by atoms with E-state index in [0.717, 1.165) is 42.5 Å². The van der Waals surface area contributed by atoms with Gasteiger partial charge >= 0.3 is 6.09 Å². The quantitative estimate of drug-likeness (QED) is 0.865. The van der Waals surface area contributed by atoms with Crippen molar-refractivity contribution in [1.82, 2.24) is 14.8 Å². The van der Waals surface area contributed by atoms with Gasteiger partial charge in [0.15, 0.2) is 0 Å². The number of likely N-dealkylation sites (tertiary alicyclic amines) is 1. The molecular weight excluding hydrogens is 306 g/mol. The Morgan fingerprint density at radius 3 is 2.92 bits per heavy atom. The zero-order chi connectivity index (χ0) is 16.7. The van der Waals surface area contributed by atoms with Crippen LogP contribution in [0.5, 0.6) is 5.88 Å². The number of ether oxygens (including phenoxy) is 2. The lowest BCUT2D eigenvalue weighted by molar-refractivity contribution is 0.0626. The van der Waals surface area contributed by atoms with E-state index in [9.17, 15) is 4.79 Å². The minimum atomic E-state index is -0.358. The SMILES string of the molecule is COc1nc2ccccc2cc1CN1CCC2(C1)CN(C)C(=O)O2. The molecule has 6 nitrogen and oxygen atoms in total. The van der Waals surface area contributed by atoms with Gasteiger partial charge in [0.1, 0.15) is 5.60 Å². The number of aromatic nitrogens is 1. The number of hydrogen-bond acceptors (Lipinski definition) is 5. The van der Waals surface area contributed by atoms with Crippen LogP contribution in [0.15, 0.2) is 30.3 Å². The molecule has 3 heterocycles. The van der Waals surface area contributed by atoms with E-state index < -0.39 is 0 Å². The van der Waals surface area contributed by atoms with Crippen molar-refractivity contribution < 1.29 is 14.3 Å². The van der Waals surface area contributed by atoms with Crippen LogP contribution in [0, 0.1) is 0 Å². The summed E-state index contributed by atoms with van der Waals surface area (Å²) in [6.45, 7) is 3.05. The van der Waals surface area contributed by atoms with Crippen molar-refractivity contribution >= 4 is 17.0 Å². The molecule has 6 heteroatoms. The number of benzene rings is 1. The number of carbonyl (C=O) groups is 1. The first-order valence-corrected chi connectivity index (χ1v) is 8.18. The minimum Gasteiger partial charge on any atom is -0.481 e. The van der Waals surface area contributed by atoms with Gasteiger partial charge in [-0.3, -0.25) is 4.90 Å². The highest BCUT2D eigenvalue weighted by Crippen LogP contribution is 2.33. The normalized spacial score (nSPS) is 24.1. The van der Waals surface area contributed by atoms with Gasteiger partial charge in [-0.25, -0.2) is 9.78 Å². The summed E-state index contributed by atoms with van der Waals surface area (Å²) in [7, 11) is 3.44. The Kier molecular flexibility index (Phi) is 3.57. The van der Waals surface area contributed by atoms with E-state index in [1.165, 1.54) is 0 Å². The van der Waals surface area contributed by atoms with E-state index in [1.54, 1.807) is 19.1 Å². The molecule has 1 aromatic heterocycles. The van der Waals surface area contributed by atoms with Crippen LogP contribution in [0.25, 0.3) is 10.9 Å². The molecule has 1 amide bonds. The first-order chi connectivity index (χ1) is 11.6. The van der Waals surface area contributed by atoms with Gasteiger partial charge in [-0.15, -0.1) is 0 Å². The fourth-order valence-electron chi connectivity index (χ4n) is 3.74. The first kappa shape index (κ1) is 15.2. The van der Waals surface area contributed by atoms with Crippen LogP contribution < -0.4 is 4.74 Å². The standard InChI is InChI=1S/C18H21N3O3/c1-20-11-18(24-17(20)22)7-8-21(12-18)10-14-9-13-5-3-4-6-15(13)19-16(14)23-2/h3-6,9H,7-8,10-12H2,1-2H3. The second kappa shape index (κ2) is 5.63. The molecule has 1 spiro atoms. The summed E-state index contributed by atoms with van der Waals surface area (Å²) in [5.74, 6) is 0.662. The number of nitrogens with zero attached hydrogens (tertiary/aromatic N) is 3. The van der Waals surface area contributed by atoms with Crippen LogP contribution in [-0.4, -0.2) is 60.3 Å². The molecule has 0 N–H and O–H groups in total. The topological polar surface area (TPSA) is 54.9 Å². The minimum absolute atomic E-state index is 0.221. The lowest BCUT2D eigenvalue weighted by Crippen LogP contribution is -2.37. The number of pyridine rings is 1. The number of rotatable bonds is 3. The summed E-state index contributed by atoms with van der Waals surface area (Å²) in [4.78, 5) is 20.3. The van der Waals surface area contributed by atoms with E-state index in [2.05, 4.69) is 22.0 Å². The van der Waals surface area contributed by atoms with E-state index in [0.29, 0.717) is 12.4 Å². The van der Waals surface area contributed by atoms with Crippen molar-refractivity contribution in [3.8, 4) is 5.88 Å². The molecule has 0 saturated carbocycles. The molecule has 1 unspecified atom stereocenters. The Balaban J connectivity index is 1.56. The van der Waals surface area contributed by atoms with E-state index in [4.69, 9.17) is 9.47 Å². The smallest absolute Gasteiger partial charge is 0.410 e. The summed E-state index contributed by atoms with van der Waals surface area (Å²) < 4.78 is 11.1. The Labute approximate surface area is 141 Å². The van der Waals surface area contributed by atoms with Gasteiger partial charge in [0.25, 0.3) is 0 Å². The highest BCUT2D eigenvalue weighted by atomic mass is 16.6. The molecule has 24 heavy (non-hydrogen) atoms. The van der Waals surface area contributed by atoms with Gasteiger partial charge in [0.2, 0.25) is 5.88 Å². The van der Waals surface area contributed by atoms with Crippen molar-refractivity contribution in [2.24, 2.45) is 0 Å². The maximum absolute atomic E-state index is 11.7. The average Bonchev–Trinajstić information content (AvgIpc) is 3.08. The van der Waals surface area contributed by atoms with Crippen LogP contribution in [0.4, 0.5) is 4.79 Å². The molecule has 1 atom stereocenters. The van der Waals surface area contributed by atoms with Crippen molar-refractivity contribution in [1.29, 1.82) is 0 Å². The van der Waals surface area contributed by atoms with E-state index >= 15 is 0 Å². The second-order valence-electron chi connectivity index (χ2n) is 6.72. The predicted octanol–water partition coefficient (Wildman–Crippen LogP) is 2.27. The largest absolute Gasteiger partial charge is 0.481 e. The summed E-state index contributed by atoms with van der Waals surface area (Å²) in [6.07, 6.45) is 0.647. The highest BCUT2D eigenvalue weighted by molar-refractivity contribution is 5.80. The summed E-state index contributed by atoms with van der Waals surface area (Å²) in [5, 5.41) is 1.11. The Bertz CT molecular complexity index is 794. The molecule has 0 radical (unpaired) electrons. The number of likely N-dealkylation sites (N-methyl/N-ethyl adjacent to an activating group) is 1.